The van der Waals surface area contributed by atoms with Crippen molar-refractivity contribution in [1.29, 1.82) is 0 Å². The second-order valence-corrected chi connectivity index (χ2v) is 5.46. The summed E-state index contributed by atoms with van der Waals surface area (Å²) in [5.41, 5.74) is 0.0949. The molecule has 0 aliphatic heterocycles. The Hall–Kier alpha value is -3.43. The molecule has 0 atom stereocenters. The molecule has 4 rings (SSSR count). The summed E-state index contributed by atoms with van der Waals surface area (Å²) < 4.78 is 45.7. The van der Waals surface area contributed by atoms with E-state index in [1.54, 1.807) is 0 Å². The van der Waals surface area contributed by atoms with Gasteiger partial charge in [0.25, 0.3) is 0 Å². The van der Waals surface area contributed by atoms with E-state index in [9.17, 15) is 18.0 Å². The van der Waals surface area contributed by atoms with E-state index in [1.807, 2.05) is 0 Å². The number of benzene rings is 1. The molecule has 4 aromatic rings. The van der Waals surface area contributed by atoms with Crippen molar-refractivity contribution in [3.05, 3.63) is 70.9 Å². The van der Waals surface area contributed by atoms with Gasteiger partial charge in [0.1, 0.15) is 12.0 Å². The third-order valence-electron chi connectivity index (χ3n) is 3.71. The largest absolute Gasteiger partial charge is 0.444 e. The topological polar surface area (TPSA) is 78.2 Å². The van der Waals surface area contributed by atoms with Crippen LogP contribution in [0, 0.1) is 0 Å². The number of alkyl halides is 3. The molecule has 0 amide bonds. The van der Waals surface area contributed by atoms with Crippen molar-refractivity contribution in [2.75, 3.05) is 0 Å². The normalized spacial score (nSPS) is 12.0. The zero-order valence-corrected chi connectivity index (χ0v) is 13.0. The fraction of sp³-hybridized carbons (Fsp3) is 0.125. The van der Waals surface area contributed by atoms with Crippen LogP contribution in [0.1, 0.15) is 11.3 Å². The van der Waals surface area contributed by atoms with Crippen LogP contribution in [0.2, 0.25) is 0 Å². The number of hydrogen-bond donors (Lipinski definition) is 0. The fourth-order valence-electron chi connectivity index (χ4n) is 2.45. The van der Waals surface area contributed by atoms with E-state index in [2.05, 4.69) is 15.1 Å². The molecule has 0 fully saturated rings. The van der Waals surface area contributed by atoms with E-state index in [0.717, 1.165) is 12.1 Å². The number of halogens is 3. The van der Waals surface area contributed by atoms with Gasteiger partial charge in [-0.25, -0.2) is 18.9 Å². The van der Waals surface area contributed by atoms with Crippen LogP contribution in [0.15, 0.2) is 58.3 Å². The molecule has 3 heterocycles. The SMILES string of the molecule is O=c1n(Cc2coc(-c3ccc(C(F)(F)F)cc3)n2)nc2cnccn12. The maximum absolute atomic E-state index is 12.6. The second-order valence-electron chi connectivity index (χ2n) is 5.46. The van der Waals surface area contributed by atoms with E-state index in [0.29, 0.717) is 16.9 Å². The Labute approximate surface area is 143 Å². The Morgan fingerprint density at radius 3 is 2.62 bits per heavy atom. The van der Waals surface area contributed by atoms with Gasteiger partial charge in [-0.15, -0.1) is 5.10 Å². The summed E-state index contributed by atoms with van der Waals surface area (Å²) >= 11 is 0. The summed E-state index contributed by atoms with van der Waals surface area (Å²) in [7, 11) is 0. The van der Waals surface area contributed by atoms with Gasteiger partial charge in [-0.1, -0.05) is 0 Å². The smallest absolute Gasteiger partial charge is 0.416 e. The Balaban J connectivity index is 1.60. The minimum absolute atomic E-state index is 0.0602. The van der Waals surface area contributed by atoms with Crippen LogP contribution < -0.4 is 5.69 Å². The lowest BCUT2D eigenvalue weighted by Gasteiger charge is -2.05. The summed E-state index contributed by atoms with van der Waals surface area (Å²) in [6, 6.07) is 4.47. The Morgan fingerprint density at radius 2 is 1.92 bits per heavy atom. The first-order valence-electron chi connectivity index (χ1n) is 7.43. The van der Waals surface area contributed by atoms with E-state index < -0.39 is 11.7 Å². The van der Waals surface area contributed by atoms with Crippen molar-refractivity contribution >= 4 is 5.65 Å². The minimum atomic E-state index is -4.40. The molecule has 0 N–H and O–H groups in total. The van der Waals surface area contributed by atoms with Gasteiger partial charge in [-0.2, -0.15) is 13.2 Å². The van der Waals surface area contributed by atoms with Crippen LogP contribution in [-0.4, -0.2) is 24.1 Å². The zero-order valence-electron chi connectivity index (χ0n) is 13.0. The number of hydrogen-bond acceptors (Lipinski definition) is 5. The predicted molar refractivity (Wildman–Crippen MR) is 83.3 cm³/mol. The van der Waals surface area contributed by atoms with E-state index in [1.165, 1.54) is 46.1 Å². The van der Waals surface area contributed by atoms with Gasteiger partial charge in [-0.05, 0) is 24.3 Å². The van der Waals surface area contributed by atoms with Crippen molar-refractivity contribution in [3.8, 4) is 11.5 Å². The molecule has 7 nitrogen and oxygen atoms in total. The van der Waals surface area contributed by atoms with Crippen LogP contribution in [0.4, 0.5) is 13.2 Å². The minimum Gasteiger partial charge on any atom is -0.444 e. The van der Waals surface area contributed by atoms with Crippen molar-refractivity contribution in [3.63, 3.8) is 0 Å². The molecule has 0 aliphatic carbocycles. The zero-order chi connectivity index (χ0) is 18.3. The summed E-state index contributed by atoms with van der Waals surface area (Å²) in [5.74, 6) is 0.159. The molecule has 0 unspecified atom stereocenters. The molecule has 26 heavy (non-hydrogen) atoms. The van der Waals surface area contributed by atoms with Crippen LogP contribution in [0.5, 0.6) is 0 Å². The first-order chi connectivity index (χ1) is 12.4. The molecule has 0 aliphatic rings. The van der Waals surface area contributed by atoms with Crippen LogP contribution in [-0.2, 0) is 12.7 Å². The van der Waals surface area contributed by atoms with Crippen molar-refractivity contribution < 1.29 is 17.6 Å². The Kier molecular flexibility index (Phi) is 3.60. The molecule has 3 aromatic heterocycles. The van der Waals surface area contributed by atoms with Crippen LogP contribution >= 0.6 is 0 Å². The molecule has 0 bridgehead atoms. The summed E-state index contributed by atoms with van der Waals surface area (Å²) in [6.45, 7) is 0.0602. The van der Waals surface area contributed by atoms with Crippen molar-refractivity contribution in [2.24, 2.45) is 0 Å². The monoisotopic (exact) mass is 361 g/mol. The first kappa shape index (κ1) is 16.1. The van der Waals surface area contributed by atoms with E-state index >= 15 is 0 Å². The third-order valence-corrected chi connectivity index (χ3v) is 3.71. The maximum Gasteiger partial charge on any atom is 0.416 e. The number of fused-ring (bicyclic) bond motifs is 1. The molecule has 1 aromatic carbocycles. The van der Waals surface area contributed by atoms with Gasteiger partial charge >= 0.3 is 11.9 Å². The molecule has 132 valence electrons. The summed E-state index contributed by atoms with van der Waals surface area (Å²) in [4.78, 5) is 20.3. The van der Waals surface area contributed by atoms with Gasteiger partial charge in [0.2, 0.25) is 5.89 Å². The van der Waals surface area contributed by atoms with E-state index in [4.69, 9.17) is 4.42 Å². The molecule has 10 heteroatoms. The highest BCUT2D eigenvalue weighted by atomic mass is 19.4. The first-order valence-corrected chi connectivity index (χ1v) is 7.43. The van der Waals surface area contributed by atoms with Gasteiger partial charge in [-0.3, -0.25) is 4.98 Å². The third kappa shape index (κ3) is 2.85. The predicted octanol–water partition coefficient (Wildman–Crippen LogP) is 2.61. The van der Waals surface area contributed by atoms with Gasteiger partial charge in [0.15, 0.2) is 5.65 Å². The molecule has 0 saturated carbocycles. The Bertz CT molecular complexity index is 1130. The lowest BCUT2D eigenvalue weighted by atomic mass is 10.1. The van der Waals surface area contributed by atoms with Gasteiger partial charge < -0.3 is 4.42 Å². The molecule has 0 saturated heterocycles. The lowest BCUT2D eigenvalue weighted by molar-refractivity contribution is -0.137. The van der Waals surface area contributed by atoms with Crippen LogP contribution in [0.25, 0.3) is 17.1 Å². The average molecular weight is 361 g/mol. The maximum atomic E-state index is 12.6. The summed E-state index contributed by atoms with van der Waals surface area (Å²) in [5, 5.41) is 4.13. The van der Waals surface area contributed by atoms with Crippen LogP contribution in [0.3, 0.4) is 0 Å². The highest BCUT2D eigenvalue weighted by Crippen LogP contribution is 2.30. The second kappa shape index (κ2) is 5.83. The highest BCUT2D eigenvalue weighted by molar-refractivity contribution is 5.54. The molecular formula is C16H10F3N5O2. The average Bonchev–Trinajstić information content (AvgIpc) is 3.20. The number of rotatable bonds is 3. The number of oxazole rings is 1. The van der Waals surface area contributed by atoms with Gasteiger partial charge in [0.05, 0.1) is 18.3 Å². The Morgan fingerprint density at radius 1 is 1.15 bits per heavy atom. The number of aromatic nitrogens is 5. The lowest BCUT2D eigenvalue weighted by Crippen LogP contribution is -2.21. The summed E-state index contributed by atoms with van der Waals surface area (Å²) in [6.07, 6.45) is 1.35. The van der Waals surface area contributed by atoms with E-state index in [-0.39, 0.29) is 18.1 Å². The highest BCUT2D eigenvalue weighted by Gasteiger charge is 2.30. The standard InChI is InChI=1S/C16H10F3N5O2/c17-16(18,19)11-3-1-10(2-4-11)14-21-12(9-26-14)8-24-15(25)23-6-5-20-7-13(23)22-24/h1-7,9H,8H2. The molecule has 0 radical (unpaired) electrons. The molecular weight excluding hydrogens is 351 g/mol. The number of nitrogens with zero attached hydrogens (tertiary/aromatic N) is 5. The van der Waals surface area contributed by atoms with Crippen molar-refractivity contribution in [1.82, 2.24) is 24.1 Å². The fourth-order valence-corrected chi connectivity index (χ4v) is 2.45. The molecule has 0 spiro atoms. The van der Waals surface area contributed by atoms with Crippen molar-refractivity contribution in [2.45, 2.75) is 12.7 Å². The van der Waals surface area contributed by atoms with Gasteiger partial charge in [0, 0.05) is 18.0 Å². The quantitative estimate of drug-likeness (QED) is 0.561.